The van der Waals surface area contributed by atoms with Gasteiger partial charge in [-0.2, -0.15) is 0 Å². The van der Waals surface area contributed by atoms with Gasteiger partial charge in [-0.25, -0.2) is 18.7 Å². The number of ether oxygens (including phenoxy) is 1. The van der Waals surface area contributed by atoms with E-state index in [4.69, 9.17) is 18.9 Å². The summed E-state index contributed by atoms with van der Waals surface area (Å²) >= 11 is 0. The van der Waals surface area contributed by atoms with Gasteiger partial charge in [0.1, 0.15) is 0 Å². The SMILES string of the molecule is CC1(C)COB(c2ccn(CC[C@](C)(C(=O)NOC3CCCCO3)S(C)(=O)=O)c(=O)c2)OC1. The molecule has 0 aromatic carbocycles. The molecule has 0 saturated carbocycles. The van der Waals surface area contributed by atoms with Gasteiger partial charge in [0.25, 0.3) is 5.91 Å². The first-order valence-electron chi connectivity index (χ1n) is 11.1. The molecule has 1 N–H and O–H groups in total. The van der Waals surface area contributed by atoms with E-state index in [1.165, 1.54) is 17.6 Å². The summed E-state index contributed by atoms with van der Waals surface area (Å²) < 4.78 is 41.4. The monoisotopic (exact) mass is 484 g/mol. The molecule has 2 aliphatic heterocycles. The zero-order chi connectivity index (χ0) is 24.3. The molecule has 0 spiro atoms. The Bertz CT molecular complexity index is 996. The summed E-state index contributed by atoms with van der Waals surface area (Å²) in [5, 5.41) is 0. The number of pyridine rings is 1. The minimum atomic E-state index is -3.82. The highest BCUT2D eigenvalue weighted by Gasteiger charge is 2.44. The van der Waals surface area contributed by atoms with E-state index in [0.717, 1.165) is 19.1 Å². The molecule has 3 heterocycles. The average molecular weight is 484 g/mol. The molecule has 0 radical (unpaired) electrons. The Kier molecular flexibility index (Phi) is 8.05. The number of rotatable bonds is 8. The second-order valence-electron chi connectivity index (χ2n) is 9.71. The van der Waals surface area contributed by atoms with Gasteiger partial charge in [-0.05, 0) is 37.7 Å². The van der Waals surface area contributed by atoms with Gasteiger partial charge in [0.05, 0.1) is 0 Å². The highest BCUT2D eigenvalue weighted by Crippen LogP contribution is 2.23. The standard InChI is InChI=1S/C21H33BN2O8S/c1-20(2)14-30-22(31-15-20)16-8-10-24(17(25)13-16)11-9-21(3,33(4,27)28)19(26)23-32-18-7-5-6-12-29-18/h8,10,13,18H,5-7,9,11-12,14-15H2,1-4H3,(H,23,26)/t18?,21-/m1/s1. The number of aromatic nitrogens is 1. The molecule has 1 aromatic rings. The molecule has 2 saturated heterocycles. The minimum Gasteiger partial charge on any atom is -0.407 e. The molecular weight excluding hydrogens is 451 g/mol. The molecule has 33 heavy (non-hydrogen) atoms. The molecular formula is C21H33BN2O8S. The maximum Gasteiger partial charge on any atom is 0.494 e. The van der Waals surface area contributed by atoms with E-state index in [0.29, 0.717) is 31.7 Å². The maximum atomic E-state index is 12.8. The lowest BCUT2D eigenvalue weighted by Crippen LogP contribution is -2.52. The van der Waals surface area contributed by atoms with E-state index < -0.39 is 33.9 Å². The fraction of sp³-hybridized carbons (Fsp3) is 0.714. The summed E-state index contributed by atoms with van der Waals surface area (Å²) in [5.74, 6) is -0.796. The molecule has 2 atom stereocenters. The van der Waals surface area contributed by atoms with Gasteiger partial charge in [-0.3, -0.25) is 9.59 Å². The van der Waals surface area contributed by atoms with Crippen molar-refractivity contribution in [3.05, 3.63) is 28.7 Å². The summed E-state index contributed by atoms with van der Waals surface area (Å²) in [6, 6.07) is 3.11. The van der Waals surface area contributed by atoms with Crippen molar-refractivity contribution in [3.63, 3.8) is 0 Å². The van der Waals surface area contributed by atoms with Crippen molar-refractivity contribution in [2.75, 3.05) is 26.1 Å². The fourth-order valence-electron chi connectivity index (χ4n) is 3.57. The van der Waals surface area contributed by atoms with Gasteiger partial charge in [0.2, 0.25) is 5.56 Å². The minimum absolute atomic E-state index is 0.0233. The quantitative estimate of drug-likeness (QED) is 0.415. The molecule has 2 aliphatic rings. The van der Waals surface area contributed by atoms with Crippen molar-refractivity contribution in [3.8, 4) is 0 Å². The van der Waals surface area contributed by atoms with Gasteiger partial charge in [-0.15, -0.1) is 0 Å². The highest BCUT2D eigenvalue weighted by atomic mass is 32.2. The number of sulfone groups is 1. The van der Waals surface area contributed by atoms with Crippen molar-refractivity contribution in [2.45, 2.75) is 64.0 Å². The normalized spacial score (nSPS) is 23.0. The molecule has 3 rings (SSSR count). The van der Waals surface area contributed by atoms with E-state index in [-0.39, 0.29) is 23.9 Å². The number of aryl methyl sites for hydroxylation is 1. The number of carbonyl (C=O) groups excluding carboxylic acids is 1. The lowest BCUT2D eigenvalue weighted by atomic mass is 9.76. The smallest absolute Gasteiger partial charge is 0.407 e. The Morgan fingerprint density at radius 2 is 2.03 bits per heavy atom. The summed E-state index contributed by atoms with van der Waals surface area (Å²) in [5.41, 5.74) is 2.41. The van der Waals surface area contributed by atoms with Crippen LogP contribution in [0.5, 0.6) is 0 Å². The highest BCUT2D eigenvalue weighted by molar-refractivity contribution is 7.92. The Morgan fingerprint density at radius 1 is 1.33 bits per heavy atom. The van der Waals surface area contributed by atoms with Crippen molar-refractivity contribution < 1.29 is 32.1 Å². The van der Waals surface area contributed by atoms with Crippen LogP contribution in [0.2, 0.25) is 0 Å². The predicted molar refractivity (Wildman–Crippen MR) is 122 cm³/mol. The summed E-state index contributed by atoms with van der Waals surface area (Å²) in [6.45, 7) is 6.96. The first-order valence-corrected chi connectivity index (χ1v) is 13.0. The number of hydrogen-bond acceptors (Lipinski definition) is 8. The van der Waals surface area contributed by atoms with E-state index in [9.17, 15) is 18.0 Å². The summed E-state index contributed by atoms with van der Waals surface area (Å²) in [4.78, 5) is 30.7. The van der Waals surface area contributed by atoms with Crippen molar-refractivity contribution >= 4 is 28.3 Å². The molecule has 10 nitrogen and oxygen atoms in total. The lowest BCUT2D eigenvalue weighted by molar-refractivity contribution is -0.201. The molecule has 1 unspecified atom stereocenters. The summed E-state index contributed by atoms with van der Waals surface area (Å²) in [7, 11) is -4.44. The molecule has 2 fully saturated rings. The number of hydroxylamine groups is 1. The van der Waals surface area contributed by atoms with Crippen LogP contribution in [0.4, 0.5) is 0 Å². The van der Waals surface area contributed by atoms with Gasteiger partial charge >= 0.3 is 7.12 Å². The number of nitrogens with one attached hydrogen (secondary N) is 1. The molecule has 1 aromatic heterocycles. The van der Waals surface area contributed by atoms with Crippen LogP contribution >= 0.6 is 0 Å². The van der Waals surface area contributed by atoms with Crippen LogP contribution in [0.25, 0.3) is 0 Å². The molecule has 12 heteroatoms. The van der Waals surface area contributed by atoms with Gasteiger partial charge < -0.3 is 18.6 Å². The van der Waals surface area contributed by atoms with Crippen LogP contribution in [-0.4, -0.2) is 63.1 Å². The molecule has 1 amide bonds. The topological polar surface area (TPSA) is 122 Å². The van der Waals surface area contributed by atoms with Crippen LogP contribution < -0.4 is 16.5 Å². The molecule has 0 bridgehead atoms. The average Bonchev–Trinajstić information content (AvgIpc) is 2.76. The third-order valence-electron chi connectivity index (χ3n) is 6.09. The Labute approximate surface area is 194 Å². The van der Waals surface area contributed by atoms with Crippen LogP contribution in [0, 0.1) is 5.41 Å². The maximum absolute atomic E-state index is 12.8. The van der Waals surface area contributed by atoms with E-state index in [1.54, 1.807) is 12.3 Å². The number of hydrogen-bond donors (Lipinski definition) is 1. The lowest BCUT2D eigenvalue weighted by Gasteiger charge is -2.33. The van der Waals surface area contributed by atoms with Crippen LogP contribution in [0.15, 0.2) is 23.1 Å². The van der Waals surface area contributed by atoms with E-state index in [1.807, 2.05) is 13.8 Å². The van der Waals surface area contributed by atoms with Crippen LogP contribution in [-0.2, 0) is 40.1 Å². The van der Waals surface area contributed by atoms with Crippen molar-refractivity contribution in [1.29, 1.82) is 0 Å². The Balaban J connectivity index is 1.65. The van der Waals surface area contributed by atoms with Crippen molar-refractivity contribution in [2.24, 2.45) is 5.41 Å². The largest absolute Gasteiger partial charge is 0.494 e. The third kappa shape index (κ3) is 6.45. The van der Waals surface area contributed by atoms with Gasteiger partial charge in [0, 0.05) is 56.7 Å². The van der Waals surface area contributed by atoms with Crippen LogP contribution in [0.3, 0.4) is 0 Å². The van der Waals surface area contributed by atoms with Crippen molar-refractivity contribution in [1.82, 2.24) is 10.0 Å². The third-order valence-corrected chi connectivity index (χ3v) is 8.12. The first-order chi connectivity index (χ1) is 15.4. The second-order valence-corrected chi connectivity index (χ2v) is 12.2. The first kappa shape index (κ1) is 25.9. The predicted octanol–water partition coefficient (Wildman–Crippen LogP) is 0.384. The van der Waals surface area contributed by atoms with E-state index >= 15 is 0 Å². The van der Waals surface area contributed by atoms with Crippen LogP contribution in [0.1, 0.15) is 46.5 Å². The number of amides is 1. The Morgan fingerprint density at radius 3 is 2.61 bits per heavy atom. The number of carbonyl (C=O) groups is 1. The second kappa shape index (κ2) is 10.3. The Hall–Kier alpha value is -1.73. The zero-order valence-electron chi connectivity index (χ0n) is 19.7. The fourth-order valence-corrected chi connectivity index (χ4v) is 4.41. The van der Waals surface area contributed by atoms with Gasteiger partial charge in [0.15, 0.2) is 20.9 Å². The van der Waals surface area contributed by atoms with E-state index in [2.05, 4.69) is 5.48 Å². The molecule has 184 valence electrons. The zero-order valence-corrected chi connectivity index (χ0v) is 20.5. The molecule has 0 aliphatic carbocycles. The number of nitrogens with zero attached hydrogens (tertiary/aromatic N) is 1. The van der Waals surface area contributed by atoms with Gasteiger partial charge in [-0.1, -0.05) is 13.8 Å². The summed E-state index contributed by atoms with van der Waals surface area (Å²) in [6.07, 6.45) is 4.26.